The first kappa shape index (κ1) is 9.96. The van der Waals surface area contributed by atoms with Crippen molar-refractivity contribution < 1.29 is 4.79 Å². The molecule has 0 atom stereocenters. The smallest absolute Gasteiger partial charge is 0.255 e. The fraction of sp³-hybridized carbons (Fsp3) is 0.455. The highest BCUT2D eigenvalue weighted by Crippen LogP contribution is 2.27. The predicted molar refractivity (Wildman–Crippen MR) is 58.8 cm³/mol. The lowest BCUT2D eigenvalue weighted by molar-refractivity contribution is 0.0952. The summed E-state index contributed by atoms with van der Waals surface area (Å²) in [5.74, 6) is 1.29. The number of amides is 1. The van der Waals surface area contributed by atoms with E-state index in [9.17, 15) is 4.79 Å². The van der Waals surface area contributed by atoms with E-state index in [-0.39, 0.29) is 5.91 Å². The summed E-state index contributed by atoms with van der Waals surface area (Å²) in [5, 5.41) is 5.82. The Kier molecular flexibility index (Phi) is 2.85. The molecule has 1 fully saturated rings. The van der Waals surface area contributed by atoms with Crippen molar-refractivity contribution in [2.75, 3.05) is 18.9 Å². The monoisotopic (exact) mass is 205 g/mol. The van der Waals surface area contributed by atoms with Crippen LogP contribution in [0.3, 0.4) is 0 Å². The van der Waals surface area contributed by atoms with Gasteiger partial charge in [0.15, 0.2) is 0 Å². The maximum atomic E-state index is 11.8. The molecule has 1 aliphatic rings. The first-order valence-electron chi connectivity index (χ1n) is 5.22. The maximum absolute atomic E-state index is 11.8. The lowest BCUT2D eigenvalue weighted by atomic mass is 10.2. The zero-order valence-electron chi connectivity index (χ0n) is 8.79. The molecule has 1 aromatic rings. The van der Waals surface area contributed by atoms with Crippen LogP contribution < -0.4 is 10.6 Å². The van der Waals surface area contributed by atoms with E-state index in [0.717, 1.165) is 6.54 Å². The lowest BCUT2D eigenvalue weighted by Gasteiger charge is -2.07. The third-order valence-corrected chi connectivity index (χ3v) is 2.54. The van der Waals surface area contributed by atoms with Crippen LogP contribution in [0.5, 0.6) is 0 Å². The molecule has 0 aliphatic heterocycles. The Morgan fingerprint density at radius 2 is 2.40 bits per heavy atom. The van der Waals surface area contributed by atoms with Gasteiger partial charge >= 0.3 is 0 Å². The Morgan fingerprint density at radius 1 is 1.60 bits per heavy atom. The molecule has 15 heavy (non-hydrogen) atoms. The van der Waals surface area contributed by atoms with E-state index in [1.807, 2.05) is 0 Å². The second kappa shape index (κ2) is 4.29. The van der Waals surface area contributed by atoms with E-state index in [1.54, 1.807) is 25.4 Å². The molecule has 2 N–H and O–H groups in total. The minimum Gasteiger partial charge on any atom is -0.372 e. The van der Waals surface area contributed by atoms with Gasteiger partial charge in [-0.25, -0.2) is 4.98 Å². The fourth-order valence-electron chi connectivity index (χ4n) is 1.44. The highest BCUT2D eigenvalue weighted by atomic mass is 16.1. The van der Waals surface area contributed by atoms with Gasteiger partial charge in [-0.3, -0.25) is 4.79 Å². The van der Waals surface area contributed by atoms with Gasteiger partial charge in [0.25, 0.3) is 5.91 Å². The molecule has 1 aromatic heterocycles. The normalized spacial score (nSPS) is 14.7. The Bertz CT molecular complexity index is 361. The number of nitrogens with one attached hydrogen (secondary N) is 2. The van der Waals surface area contributed by atoms with E-state index in [2.05, 4.69) is 15.6 Å². The number of anilines is 1. The number of carbonyl (C=O) groups excluding carboxylic acids is 1. The van der Waals surface area contributed by atoms with Gasteiger partial charge in [-0.2, -0.15) is 0 Å². The zero-order chi connectivity index (χ0) is 10.7. The van der Waals surface area contributed by atoms with Gasteiger partial charge in [0.05, 0.1) is 5.56 Å². The van der Waals surface area contributed by atoms with Crippen LogP contribution in [0.15, 0.2) is 18.3 Å². The van der Waals surface area contributed by atoms with Crippen LogP contribution in [-0.2, 0) is 0 Å². The van der Waals surface area contributed by atoms with Crippen molar-refractivity contribution in [1.29, 1.82) is 0 Å². The van der Waals surface area contributed by atoms with Gasteiger partial charge < -0.3 is 10.6 Å². The molecule has 0 unspecified atom stereocenters. The number of aromatic nitrogens is 1. The number of pyridine rings is 1. The van der Waals surface area contributed by atoms with E-state index in [0.29, 0.717) is 17.3 Å². The van der Waals surface area contributed by atoms with Crippen molar-refractivity contribution in [2.45, 2.75) is 12.8 Å². The summed E-state index contributed by atoms with van der Waals surface area (Å²) >= 11 is 0. The van der Waals surface area contributed by atoms with Crippen LogP contribution in [0.2, 0.25) is 0 Å². The SMILES string of the molecule is CNc1ncccc1C(=O)NCC1CC1. The first-order valence-corrected chi connectivity index (χ1v) is 5.22. The molecular weight excluding hydrogens is 190 g/mol. The minimum absolute atomic E-state index is 0.0423. The highest BCUT2D eigenvalue weighted by molar-refractivity contribution is 5.98. The van der Waals surface area contributed by atoms with Gasteiger partial charge in [-0.1, -0.05) is 0 Å². The van der Waals surface area contributed by atoms with Crippen molar-refractivity contribution in [1.82, 2.24) is 10.3 Å². The lowest BCUT2D eigenvalue weighted by Crippen LogP contribution is -2.26. The molecule has 80 valence electrons. The summed E-state index contributed by atoms with van der Waals surface area (Å²) in [5.41, 5.74) is 0.612. The largest absolute Gasteiger partial charge is 0.372 e. The van der Waals surface area contributed by atoms with Gasteiger partial charge in [0.2, 0.25) is 0 Å². The average Bonchev–Trinajstić information content (AvgIpc) is 3.09. The predicted octanol–water partition coefficient (Wildman–Crippen LogP) is 1.26. The van der Waals surface area contributed by atoms with Crippen LogP contribution in [0.4, 0.5) is 5.82 Å². The van der Waals surface area contributed by atoms with E-state index in [4.69, 9.17) is 0 Å². The van der Waals surface area contributed by atoms with E-state index >= 15 is 0 Å². The van der Waals surface area contributed by atoms with Gasteiger partial charge in [0, 0.05) is 19.8 Å². The summed E-state index contributed by atoms with van der Waals surface area (Å²) in [7, 11) is 1.76. The Morgan fingerprint density at radius 3 is 3.07 bits per heavy atom. The van der Waals surface area contributed by atoms with Crippen LogP contribution in [0.25, 0.3) is 0 Å². The third kappa shape index (κ3) is 2.46. The molecule has 0 saturated heterocycles. The fourth-order valence-corrected chi connectivity index (χ4v) is 1.44. The summed E-state index contributed by atoms with van der Waals surface area (Å²) in [6, 6.07) is 3.55. The third-order valence-electron chi connectivity index (χ3n) is 2.54. The molecule has 1 heterocycles. The molecule has 0 bridgehead atoms. The van der Waals surface area contributed by atoms with Crippen LogP contribution in [-0.4, -0.2) is 24.5 Å². The topological polar surface area (TPSA) is 54.0 Å². The van der Waals surface area contributed by atoms with Crippen molar-refractivity contribution in [3.63, 3.8) is 0 Å². The van der Waals surface area contributed by atoms with Gasteiger partial charge in [-0.05, 0) is 30.9 Å². The van der Waals surface area contributed by atoms with Crippen LogP contribution in [0, 0.1) is 5.92 Å². The highest BCUT2D eigenvalue weighted by Gasteiger charge is 2.22. The molecule has 0 aromatic carbocycles. The van der Waals surface area contributed by atoms with Gasteiger partial charge in [-0.15, -0.1) is 0 Å². The molecular formula is C11H15N3O. The van der Waals surface area contributed by atoms with Crippen molar-refractivity contribution in [3.05, 3.63) is 23.9 Å². The molecule has 4 nitrogen and oxygen atoms in total. The standard InChI is InChI=1S/C11H15N3O/c1-12-10-9(3-2-6-13-10)11(15)14-7-8-4-5-8/h2-3,6,8H,4-5,7H2,1H3,(H,12,13)(H,14,15). The molecule has 1 saturated carbocycles. The average molecular weight is 205 g/mol. The molecule has 0 spiro atoms. The minimum atomic E-state index is -0.0423. The molecule has 0 radical (unpaired) electrons. The van der Waals surface area contributed by atoms with Crippen molar-refractivity contribution in [3.8, 4) is 0 Å². The number of nitrogens with zero attached hydrogens (tertiary/aromatic N) is 1. The first-order chi connectivity index (χ1) is 7.31. The summed E-state index contributed by atoms with van der Waals surface area (Å²) in [6.45, 7) is 0.789. The van der Waals surface area contributed by atoms with Crippen LogP contribution in [0.1, 0.15) is 23.2 Å². The van der Waals surface area contributed by atoms with Crippen molar-refractivity contribution in [2.24, 2.45) is 5.92 Å². The zero-order valence-corrected chi connectivity index (χ0v) is 8.79. The number of carbonyl (C=O) groups is 1. The second-order valence-corrected chi connectivity index (χ2v) is 3.80. The Balaban J connectivity index is 2.02. The molecule has 1 aliphatic carbocycles. The number of hydrogen-bond donors (Lipinski definition) is 2. The second-order valence-electron chi connectivity index (χ2n) is 3.80. The molecule has 4 heteroatoms. The number of rotatable bonds is 4. The molecule has 1 amide bonds. The summed E-state index contributed by atoms with van der Waals surface area (Å²) in [6.07, 6.45) is 4.15. The van der Waals surface area contributed by atoms with Gasteiger partial charge in [0.1, 0.15) is 5.82 Å². The quantitative estimate of drug-likeness (QED) is 0.778. The van der Waals surface area contributed by atoms with E-state index in [1.165, 1.54) is 12.8 Å². The maximum Gasteiger partial charge on any atom is 0.255 e. The molecule has 2 rings (SSSR count). The Hall–Kier alpha value is -1.58. The van der Waals surface area contributed by atoms with Crippen molar-refractivity contribution >= 4 is 11.7 Å². The van der Waals surface area contributed by atoms with E-state index < -0.39 is 0 Å². The Labute approximate surface area is 89.1 Å². The summed E-state index contributed by atoms with van der Waals surface area (Å²) < 4.78 is 0. The number of hydrogen-bond acceptors (Lipinski definition) is 3. The van der Waals surface area contributed by atoms with Crippen LogP contribution >= 0.6 is 0 Å². The summed E-state index contributed by atoms with van der Waals surface area (Å²) in [4.78, 5) is 15.9.